The van der Waals surface area contributed by atoms with E-state index in [9.17, 15) is 14.7 Å². The van der Waals surface area contributed by atoms with E-state index in [2.05, 4.69) is 44.2 Å². The van der Waals surface area contributed by atoms with Crippen LogP contribution in [0.1, 0.15) is 43.4 Å². The predicted molar refractivity (Wildman–Crippen MR) is 113 cm³/mol. The third-order valence-electron chi connectivity index (χ3n) is 5.25. The van der Waals surface area contributed by atoms with Gasteiger partial charge in [-0.05, 0) is 39.7 Å². The van der Waals surface area contributed by atoms with Gasteiger partial charge in [0.25, 0.3) is 0 Å². The number of carbonyl (C=O) groups is 2. The lowest BCUT2D eigenvalue weighted by atomic mass is 9.68. The zero-order chi connectivity index (χ0) is 21.0. The molecule has 1 atom stereocenters. The van der Waals surface area contributed by atoms with Gasteiger partial charge in [-0.2, -0.15) is 0 Å². The van der Waals surface area contributed by atoms with E-state index >= 15 is 0 Å². The van der Waals surface area contributed by atoms with Crippen molar-refractivity contribution in [3.05, 3.63) is 89.0 Å². The summed E-state index contributed by atoms with van der Waals surface area (Å²) in [7, 11) is 0. The number of benzene rings is 2. The second-order valence-electron chi connectivity index (χ2n) is 8.11. The number of ketones is 1. The van der Waals surface area contributed by atoms with Crippen LogP contribution in [-0.2, 0) is 16.0 Å². The minimum atomic E-state index is -1.18. The molecular formula is C25H26O4. The van der Waals surface area contributed by atoms with Crippen molar-refractivity contribution < 1.29 is 19.8 Å². The summed E-state index contributed by atoms with van der Waals surface area (Å²) in [5.74, 6) is -1.66. The standard InChI is InChI=1S/C25H26O4/c1-25(2)16-18-10-6-7-11-21(18)24(17-8-4-3-5-9-17)22(25)13-12-19(26)14-20(27)15-23(28)29/h3-13,19,26H,14-16H2,1-2H3,(H,28,29). The molecule has 0 saturated heterocycles. The van der Waals surface area contributed by atoms with Gasteiger partial charge < -0.3 is 10.2 Å². The van der Waals surface area contributed by atoms with Crippen molar-refractivity contribution in [1.29, 1.82) is 0 Å². The largest absolute Gasteiger partial charge is 0.481 e. The fourth-order valence-electron chi connectivity index (χ4n) is 3.95. The zero-order valence-electron chi connectivity index (χ0n) is 16.8. The summed E-state index contributed by atoms with van der Waals surface area (Å²) < 4.78 is 0. The highest BCUT2D eigenvalue weighted by atomic mass is 16.4. The number of hydrogen-bond donors (Lipinski definition) is 2. The molecule has 1 aliphatic rings. The number of aliphatic hydroxyl groups excluding tert-OH is 1. The van der Waals surface area contributed by atoms with Gasteiger partial charge >= 0.3 is 5.97 Å². The molecule has 0 radical (unpaired) electrons. The van der Waals surface area contributed by atoms with Crippen LogP contribution in [0.4, 0.5) is 0 Å². The highest BCUT2D eigenvalue weighted by Gasteiger charge is 2.32. The van der Waals surface area contributed by atoms with E-state index in [1.807, 2.05) is 30.3 Å². The number of carboxylic acids is 1. The quantitative estimate of drug-likeness (QED) is 0.686. The SMILES string of the molecule is CC1(C)Cc2ccccc2C(c2ccccc2)=C1C=CC(O)CC(=O)CC(=O)O. The first kappa shape index (κ1) is 20.7. The summed E-state index contributed by atoms with van der Waals surface area (Å²) in [5, 5.41) is 19.0. The van der Waals surface area contributed by atoms with E-state index in [1.54, 1.807) is 6.08 Å². The molecule has 29 heavy (non-hydrogen) atoms. The molecule has 1 unspecified atom stereocenters. The van der Waals surface area contributed by atoms with Gasteiger partial charge in [-0.1, -0.05) is 80.6 Å². The first-order valence-corrected chi connectivity index (χ1v) is 9.76. The molecular weight excluding hydrogens is 364 g/mol. The maximum Gasteiger partial charge on any atom is 0.310 e. The van der Waals surface area contributed by atoms with Crippen LogP contribution in [0.5, 0.6) is 0 Å². The number of aliphatic carboxylic acids is 1. The summed E-state index contributed by atoms with van der Waals surface area (Å²) in [5.41, 5.74) is 5.61. The Kier molecular flexibility index (Phi) is 6.14. The number of allylic oxidation sites excluding steroid dienone is 2. The van der Waals surface area contributed by atoms with Crippen LogP contribution in [0.25, 0.3) is 5.57 Å². The smallest absolute Gasteiger partial charge is 0.310 e. The van der Waals surface area contributed by atoms with Gasteiger partial charge in [-0.25, -0.2) is 0 Å². The average molecular weight is 390 g/mol. The average Bonchev–Trinajstić information content (AvgIpc) is 2.65. The Morgan fingerprint density at radius 2 is 1.72 bits per heavy atom. The van der Waals surface area contributed by atoms with E-state index in [4.69, 9.17) is 5.11 Å². The number of fused-ring (bicyclic) bond motifs is 1. The van der Waals surface area contributed by atoms with E-state index in [0.717, 1.165) is 23.1 Å². The van der Waals surface area contributed by atoms with Gasteiger partial charge in [0.05, 0.1) is 6.10 Å². The number of aliphatic hydroxyl groups is 1. The van der Waals surface area contributed by atoms with Gasteiger partial charge in [-0.3, -0.25) is 9.59 Å². The molecule has 150 valence electrons. The van der Waals surface area contributed by atoms with Crippen molar-refractivity contribution in [2.75, 3.05) is 0 Å². The fraction of sp³-hybridized carbons (Fsp3) is 0.280. The third-order valence-corrected chi connectivity index (χ3v) is 5.25. The molecule has 4 nitrogen and oxygen atoms in total. The minimum Gasteiger partial charge on any atom is -0.481 e. The first-order chi connectivity index (χ1) is 13.8. The molecule has 0 spiro atoms. The fourth-order valence-corrected chi connectivity index (χ4v) is 3.95. The lowest BCUT2D eigenvalue weighted by molar-refractivity contribution is -0.140. The van der Waals surface area contributed by atoms with Crippen LogP contribution in [-0.4, -0.2) is 28.1 Å². The number of carbonyl (C=O) groups excluding carboxylic acids is 1. The van der Waals surface area contributed by atoms with Crippen molar-refractivity contribution in [2.24, 2.45) is 5.41 Å². The molecule has 0 bridgehead atoms. The second kappa shape index (κ2) is 8.58. The second-order valence-corrected chi connectivity index (χ2v) is 8.11. The molecule has 0 heterocycles. The van der Waals surface area contributed by atoms with Crippen molar-refractivity contribution in [2.45, 2.75) is 39.2 Å². The summed E-state index contributed by atoms with van der Waals surface area (Å²) in [6.07, 6.45) is 2.59. The molecule has 2 aromatic carbocycles. The molecule has 2 aromatic rings. The monoisotopic (exact) mass is 390 g/mol. The Balaban J connectivity index is 2.03. The van der Waals surface area contributed by atoms with E-state index in [0.29, 0.717) is 0 Å². The Labute approximate surface area is 171 Å². The number of rotatable bonds is 7. The maximum absolute atomic E-state index is 11.7. The summed E-state index contributed by atoms with van der Waals surface area (Å²) in [4.78, 5) is 22.4. The first-order valence-electron chi connectivity index (χ1n) is 9.76. The van der Waals surface area contributed by atoms with Crippen LogP contribution in [0.3, 0.4) is 0 Å². The molecule has 4 heteroatoms. The van der Waals surface area contributed by atoms with Crippen molar-refractivity contribution in [1.82, 2.24) is 0 Å². The Bertz CT molecular complexity index is 967. The molecule has 0 amide bonds. The summed E-state index contributed by atoms with van der Waals surface area (Å²) in [6.45, 7) is 4.35. The van der Waals surface area contributed by atoms with Crippen LogP contribution in [0.15, 0.2) is 72.3 Å². The molecule has 0 aromatic heterocycles. The van der Waals surface area contributed by atoms with Gasteiger partial charge in [-0.15, -0.1) is 0 Å². The molecule has 0 aliphatic heterocycles. The van der Waals surface area contributed by atoms with Gasteiger partial charge in [0.2, 0.25) is 0 Å². The lowest BCUT2D eigenvalue weighted by Gasteiger charge is -2.36. The highest BCUT2D eigenvalue weighted by molar-refractivity contribution is 5.95. The highest BCUT2D eigenvalue weighted by Crippen LogP contribution is 2.45. The van der Waals surface area contributed by atoms with E-state index < -0.39 is 24.3 Å². The Hall–Kier alpha value is -2.98. The summed E-state index contributed by atoms with van der Waals surface area (Å²) >= 11 is 0. The van der Waals surface area contributed by atoms with Crippen molar-refractivity contribution in [3.63, 3.8) is 0 Å². The molecule has 2 N–H and O–H groups in total. The van der Waals surface area contributed by atoms with Crippen LogP contribution in [0, 0.1) is 5.41 Å². The van der Waals surface area contributed by atoms with Crippen LogP contribution < -0.4 is 0 Å². The lowest BCUT2D eigenvalue weighted by Crippen LogP contribution is -2.24. The summed E-state index contributed by atoms with van der Waals surface area (Å²) in [6, 6.07) is 18.5. The van der Waals surface area contributed by atoms with Crippen LogP contribution in [0.2, 0.25) is 0 Å². The van der Waals surface area contributed by atoms with Crippen LogP contribution >= 0.6 is 0 Å². The minimum absolute atomic E-state index is 0.166. The zero-order valence-corrected chi connectivity index (χ0v) is 16.8. The maximum atomic E-state index is 11.7. The molecule has 3 rings (SSSR count). The van der Waals surface area contributed by atoms with Gasteiger partial charge in [0.15, 0.2) is 0 Å². The third kappa shape index (κ3) is 4.90. The van der Waals surface area contributed by atoms with Crippen molar-refractivity contribution in [3.8, 4) is 0 Å². The molecule has 1 aliphatic carbocycles. The number of hydrogen-bond acceptors (Lipinski definition) is 3. The van der Waals surface area contributed by atoms with E-state index in [1.165, 1.54) is 11.1 Å². The Morgan fingerprint density at radius 1 is 1.07 bits per heavy atom. The predicted octanol–water partition coefficient (Wildman–Crippen LogP) is 4.42. The number of Topliss-reactive ketones (excluding diaryl/α,β-unsaturated/α-hetero) is 1. The van der Waals surface area contributed by atoms with E-state index in [-0.39, 0.29) is 11.8 Å². The van der Waals surface area contributed by atoms with Gasteiger partial charge in [0, 0.05) is 6.42 Å². The van der Waals surface area contributed by atoms with Gasteiger partial charge in [0.1, 0.15) is 12.2 Å². The topological polar surface area (TPSA) is 74.6 Å². The number of carboxylic acid groups (broad SMARTS) is 1. The molecule has 0 fully saturated rings. The molecule has 0 saturated carbocycles. The van der Waals surface area contributed by atoms with Crippen molar-refractivity contribution >= 4 is 17.3 Å². The normalized spacial score (nSPS) is 16.5. The Morgan fingerprint density at radius 3 is 2.41 bits per heavy atom.